The Balaban J connectivity index is 2.14. The van der Waals surface area contributed by atoms with Crippen LogP contribution in [-0.4, -0.2) is 55.5 Å². The SMILES string of the molecule is CN(C)C(=O)C1CNCCN1Cc1cc(F)cc(Cl)c1. The van der Waals surface area contributed by atoms with Crippen molar-refractivity contribution in [3.05, 3.63) is 34.6 Å². The molecule has 20 heavy (non-hydrogen) atoms. The van der Waals surface area contributed by atoms with Crippen LogP contribution in [0.1, 0.15) is 5.56 Å². The molecule has 0 spiro atoms. The van der Waals surface area contributed by atoms with E-state index in [4.69, 9.17) is 11.6 Å². The third-order valence-electron chi connectivity index (χ3n) is 3.39. The monoisotopic (exact) mass is 299 g/mol. The lowest BCUT2D eigenvalue weighted by molar-refractivity contribution is -0.135. The van der Waals surface area contributed by atoms with Gasteiger partial charge in [0.1, 0.15) is 11.9 Å². The lowest BCUT2D eigenvalue weighted by atomic mass is 10.1. The molecule has 0 aromatic heterocycles. The largest absolute Gasteiger partial charge is 0.347 e. The smallest absolute Gasteiger partial charge is 0.240 e. The third-order valence-corrected chi connectivity index (χ3v) is 3.61. The number of benzene rings is 1. The maximum absolute atomic E-state index is 13.4. The molecule has 6 heteroatoms. The van der Waals surface area contributed by atoms with E-state index < -0.39 is 0 Å². The maximum atomic E-state index is 13.4. The van der Waals surface area contributed by atoms with Gasteiger partial charge < -0.3 is 10.2 Å². The summed E-state index contributed by atoms with van der Waals surface area (Å²) in [6.45, 7) is 2.70. The van der Waals surface area contributed by atoms with Crippen LogP contribution < -0.4 is 5.32 Å². The molecule has 1 atom stereocenters. The van der Waals surface area contributed by atoms with Crippen LogP contribution in [0.25, 0.3) is 0 Å². The second-order valence-corrected chi connectivity index (χ2v) is 5.64. The number of halogens is 2. The molecule has 1 aliphatic rings. The Morgan fingerprint density at radius 2 is 2.25 bits per heavy atom. The number of hydrogen-bond acceptors (Lipinski definition) is 3. The van der Waals surface area contributed by atoms with Gasteiger partial charge in [-0.1, -0.05) is 11.6 Å². The van der Waals surface area contributed by atoms with Crippen LogP contribution >= 0.6 is 11.6 Å². The minimum atomic E-state index is -0.349. The quantitative estimate of drug-likeness (QED) is 0.915. The fourth-order valence-corrected chi connectivity index (χ4v) is 2.66. The second-order valence-electron chi connectivity index (χ2n) is 5.20. The van der Waals surface area contributed by atoms with Crippen LogP contribution in [0.2, 0.25) is 5.02 Å². The van der Waals surface area contributed by atoms with Crippen molar-refractivity contribution in [2.75, 3.05) is 33.7 Å². The molecule has 1 fully saturated rings. The van der Waals surface area contributed by atoms with Gasteiger partial charge in [0.05, 0.1) is 0 Å². The Bertz CT molecular complexity index is 475. The first-order chi connectivity index (χ1) is 9.47. The van der Waals surface area contributed by atoms with E-state index in [2.05, 4.69) is 10.2 Å². The molecular formula is C14H19ClFN3O. The van der Waals surface area contributed by atoms with Gasteiger partial charge in [0, 0.05) is 45.3 Å². The molecule has 1 saturated heterocycles. The molecule has 0 aliphatic carbocycles. The van der Waals surface area contributed by atoms with E-state index in [9.17, 15) is 9.18 Å². The second kappa shape index (κ2) is 6.52. The van der Waals surface area contributed by atoms with Gasteiger partial charge in [0.25, 0.3) is 0 Å². The fourth-order valence-electron chi connectivity index (χ4n) is 2.41. The van der Waals surface area contributed by atoms with Crippen molar-refractivity contribution in [1.29, 1.82) is 0 Å². The van der Waals surface area contributed by atoms with Gasteiger partial charge in [-0.15, -0.1) is 0 Å². The third kappa shape index (κ3) is 3.69. The number of piperazine rings is 1. The van der Waals surface area contributed by atoms with Gasteiger partial charge in [-0.2, -0.15) is 0 Å². The highest BCUT2D eigenvalue weighted by Gasteiger charge is 2.29. The van der Waals surface area contributed by atoms with Crippen LogP contribution in [0.15, 0.2) is 18.2 Å². The minimum Gasteiger partial charge on any atom is -0.347 e. The summed E-state index contributed by atoms with van der Waals surface area (Å²) in [5, 5.41) is 3.60. The summed E-state index contributed by atoms with van der Waals surface area (Å²) in [5.74, 6) is -0.294. The summed E-state index contributed by atoms with van der Waals surface area (Å²) in [5.41, 5.74) is 0.786. The Morgan fingerprint density at radius 3 is 2.90 bits per heavy atom. The van der Waals surface area contributed by atoms with E-state index in [0.717, 1.165) is 18.7 Å². The first-order valence-electron chi connectivity index (χ1n) is 6.58. The summed E-state index contributed by atoms with van der Waals surface area (Å²) in [7, 11) is 3.49. The van der Waals surface area contributed by atoms with Crippen LogP contribution in [0, 0.1) is 5.82 Å². The molecular weight excluding hydrogens is 281 g/mol. The van der Waals surface area contributed by atoms with Crippen molar-refractivity contribution in [3.63, 3.8) is 0 Å². The minimum absolute atomic E-state index is 0.0553. The molecule has 0 radical (unpaired) electrons. The lowest BCUT2D eigenvalue weighted by Crippen LogP contribution is -2.57. The Labute approximate surface area is 123 Å². The topological polar surface area (TPSA) is 35.6 Å². The zero-order chi connectivity index (χ0) is 14.7. The van der Waals surface area contributed by atoms with Crippen molar-refractivity contribution < 1.29 is 9.18 Å². The van der Waals surface area contributed by atoms with Gasteiger partial charge in [0.15, 0.2) is 0 Å². The van der Waals surface area contributed by atoms with E-state index in [1.807, 2.05) is 0 Å². The first-order valence-corrected chi connectivity index (χ1v) is 6.96. The molecule has 0 saturated carbocycles. The normalized spacial score (nSPS) is 19.9. The van der Waals surface area contributed by atoms with Crippen molar-refractivity contribution in [1.82, 2.24) is 15.1 Å². The van der Waals surface area contributed by atoms with Crippen molar-refractivity contribution in [2.24, 2.45) is 0 Å². The van der Waals surface area contributed by atoms with E-state index in [1.165, 1.54) is 12.1 Å². The highest BCUT2D eigenvalue weighted by molar-refractivity contribution is 6.30. The number of carbonyl (C=O) groups is 1. The number of nitrogens with zero attached hydrogens (tertiary/aromatic N) is 2. The molecule has 1 unspecified atom stereocenters. The van der Waals surface area contributed by atoms with Crippen LogP contribution in [0.3, 0.4) is 0 Å². The molecule has 0 bridgehead atoms. The molecule has 110 valence electrons. The summed E-state index contributed by atoms with van der Waals surface area (Å²) >= 11 is 5.87. The highest BCUT2D eigenvalue weighted by atomic mass is 35.5. The van der Waals surface area contributed by atoms with Gasteiger partial charge in [0.2, 0.25) is 5.91 Å². The van der Waals surface area contributed by atoms with E-state index in [0.29, 0.717) is 18.1 Å². The Morgan fingerprint density at radius 1 is 1.50 bits per heavy atom. The number of nitrogens with one attached hydrogen (secondary N) is 1. The van der Waals surface area contributed by atoms with Crippen LogP contribution in [-0.2, 0) is 11.3 Å². The number of hydrogen-bond donors (Lipinski definition) is 1. The predicted octanol–water partition coefficient (Wildman–Crippen LogP) is 1.34. The van der Waals surface area contributed by atoms with Gasteiger partial charge in [-0.3, -0.25) is 9.69 Å². The summed E-state index contributed by atoms with van der Waals surface area (Å²) in [6, 6.07) is 4.26. The highest BCUT2D eigenvalue weighted by Crippen LogP contribution is 2.17. The number of amides is 1. The zero-order valence-electron chi connectivity index (χ0n) is 11.7. The maximum Gasteiger partial charge on any atom is 0.240 e. The Hall–Kier alpha value is -1.17. The molecule has 1 amide bonds. The van der Waals surface area contributed by atoms with Gasteiger partial charge >= 0.3 is 0 Å². The fraction of sp³-hybridized carbons (Fsp3) is 0.500. The first kappa shape index (κ1) is 15.2. The number of carbonyl (C=O) groups excluding carboxylic acids is 1. The molecule has 1 heterocycles. The van der Waals surface area contributed by atoms with Crippen LogP contribution in [0.4, 0.5) is 4.39 Å². The molecule has 1 aromatic rings. The molecule has 1 N–H and O–H groups in total. The molecule has 4 nitrogen and oxygen atoms in total. The number of likely N-dealkylation sites (N-methyl/N-ethyl adjacent to an activating group) is 1. The zero-order valence-corrected chi connectivity index (χ0v) is 12.5. The van der Waals surface area contributed by atoms with E-state index in [1.54, 1.807) is 25.1 Å². The summed E-state index contributed by atoms with van der Waals surface area (Å²) < 4.78 is 13.4. The predicted molar refractivity (Wildman–Crippen MR) is 77.2 cm³/mol. The van der Waals surface area contributed by atoms with E-state index in [-0.39, 0.29) is 17.8 Å². The standard InChI is InChI=1S/C14H19ClFN3O/c1-18(2)14(20)13-8-17-3-4-19(13)9-10-5-11(15)7-12(16)6-10/h5-7,13,17H,3-4,8-9H2,1-2H3. The average Bonchev–Trinajstić information content (AvgIpc) is 2.37. The van der Waals surface area contributed by atoms with Gasteiger partial charge in [-0.25, -0.2) is 4.39 Å². The summed E-state index contributed by atoms with van der Waals surface area (Å²) in [6.07, 6.45) is 0. The molecule has 2 rings (SSSR count). The number of rotatable bonds is 3. The van der Waals surface area contributed by atoms with Crippen molar-refractivity contribution in [3.8, 4) is 0 Å². The lowest BCUT2D eigenvalue weighted by Gasteiger charge is -2.36. The van der Waals surface area contributed by atoms with Crippen molar-refractivity contribution in [2.45, 2.75) is 12.6 Å². The average molecular weight is 300 g/mol. The van der Waals surface area contributed by atoms with E-state index >= 15 is 0 Å². The molecule has 1 aromatic carbocycles. The Kier molecular flexibility index (Phi) is 4.96. The van der Waals surface area contributed by atoms with Crippen molar-refractivity contribution >= 4 is 17.5 Å². The molecule has 1 aliphatic heterocycles. The van der Waals surface area contributed by atoms with Gasteiger partial charge in [-0.05, 0) is 23.8 Å². The summed E-state index contributed by atoms with van der Waals surface area (Å²) in [4.78, 5) is 15.8. The van der Waals surface area contributed by atoms with Crippen LogP contribution in [0.5, 0.6) is 0 Å².